The summed E-state index contributed by atoms with van der Waals surface area (Å²) >= 11 is 0. The lowest BCUT2D eigenvalue weighted by Crippen LogP contribution is -2.03. The van der Waals surface area contributed by atoms with Crippen LogP contribution < -0.4 is 4.74 Å². The van der Waals surface area contributed by atoms with Gasteiger partial charge in [-0.25, -0.2) is 9.07 Å². The number of hydrogen-bond acceptors (Lipinski definition) is 4. The number of halogens is 1. The minimum Gasteiger partial charge on any atom is -0.497 e. The molecule has 2 rings (SSSR count). The molecule has 1 heterocycles. The lowest BCUT2D eigenvalue weighted by molar-refractivity contribution is 0.276. The highest BCUT2D eigenvalue weighted by Crippen LogP contribution is 2.16. The van der Waals surface area contributed by atoms with E-state index >= 15 is 0 Å². The van der Waals surface area contributed by atoms with Crippen molar-refractivity contribution in [3.63, 3.8) is 0 Å². The number of aliphatic hydroxyl groups excluding tert-OH is 1. The first-order chi connectivity index (χ1) is 8.22. The van der Waals surface area contributed by atoms with Crippen LogP contribution >= 0.6 is 0 Å². The Kier molecular flexibility index (Phi) is 3.34. The maximum Gasteiger partial charge on any atom is 0.131 e. The third kappa shape index (κ3) is 2.59. The van der Waals surface area contributed by atoms with E-state index in [-0.39, 0.29) is 19.0 Å². The van der Waals surface area contributed by atoms with Crippen molar-refractivity contribution >= 4 is 0 Å². The van der Waals surface area contributed by atoms with Crippen LogP contribution in [0.25, 0.3) is 0 Å². The third-order valence-electron chi connectivity index (χ3n) is 2.34. The van der Waals surface area contributed by atoms with Gasteiger partial charge < -0.3 is 9.84 Å². The zero-order chi connectivity index (χ0) is 12.3. The van der Waals surface area contributed by atoms with Gasteiger partial charge in [0.15, 0.2) is 0 Å². The predicted molar refractivity (Wildman–Crippen MR) is 58.0 cm³/mol. The van der Waals surface area contributed by atoms with Gasteiger partial charge in [-0.3, -0.25) is 0 Å². The standard InChI is InChI=1S/C11H12FN3O2/c1-17-10-3-2-8(11(12)4-10)5-15-6-9(7-16)13-14-15/h2-4,6,16H,5,7H2,1H3. The molecule has 0 aliphatic rings. The van der Waals surface area contributed by atoms with Crippen LogP contribution in [-0.4, -0.2) is 27.2 Å². The van der Waals surface area contributed by atoms with E-state index in [0.29, 0.717) is 17.0 Å². The normalized spacial score (nSPS) is 10.5. The molecule has 0 saturated carbocycles. The first-order valence-electron chi connectivity index (χ1n) is 5.05. The van der Waals surface area contributed by atoms with Gasteiger partial charge in [-0.1, -0.05) is 11.3 Å². The van der Waals surface area contributed by atoms with Crippen molar-refractivity contribution in [1.82, 2.24) is 15.0 Å². The summed E-state index contributed by atoms with van der Waals surface area (Å²) in [4.78, 5) is 0. The van der Waals surface area contributed by atoms with Crippen molar-refractivity contribution in [3.8, 4) is 5.75 Å². The average Bonchev–Trinajstić information content (AvgIpc) is 2.79. The summed E-state index contributed by atoms with van der Waals surface area (Å²) in [6.45, 7) is 0.0912. The Morgan fingerprint density at radius 2 is 2.29 bits per heavy atom. The first kappa shape index (κ1) is 11.5. The second kappa shape index (κ2) is 4.92. The van der Waals surface area contributed by atoms with Crippen molar-refractivity contribution in [2.24, 2.45) is 0 Å². The third-order valence-corrected chi connectivity index (χ3v) is 2.34. The molecule has 0 aliphatic heterocycles. The molecule has 17 heavy (non-hydrogen) atoms. The number of nitrogens with zero attached hydrogens (tertiary/aromatic N) is 3. The van der Waals surface area contributed by atoms with E-state index in [2.05, 4.69) is 10.3 Å². The smallest absolute Gasteiger partial charge is 0.131 e. The van der Waals surface area contributed by atoms with E-state index in [1.807, 2.05) is 0 Å². The Balaban J connectivity index is 2.18. The highest BCUT2D eigenvalue weighted by atomic mass is 19.1. The molecule has 0 aliphatic carbocycles. The fourth-order valence-electron chi connectivity index (χ4n) is 1.45. The Morgan fingerprint density at radius 1 is 1.47 bits per heavy atom. The highest BCUT2D eigenvalue weighted by molar-refractivity contribution is 5.28. The van der Waals surface area contributed by atoms with E-state index in [0.717, 1.165) is 0 Å². The van der Waals surface area contributed by atoms with Crippen LogP contribution in [0.2, 0.25) is 0 Å². The number of methoxy groups -OCH3 is 1. The average molecular weight is 237 g/mol. The second-order valence-corrected chi connectivity index (χ2v) is 3.52. The van der Waals surface area contributed by atoms with E-state index < -0.39 is 0 Å². The molecule has 0 unspecified atom stereocenters. The van der Waals surface area contributed by atoms with Gasteiger partial charge in [0.25, 0.3) is 0 Å². The number of ether oxygens (including phenoxy) is 1. The summed E-state index contributed by atoms with van der Waals surface area (Å²) in [5.74, 6) is 0.117. The fourth-order valence-corrected chi connectivity index (χ4v) is 1.45. The second-order valence-electron chi connectivity index (χ2n) is 3.52. The molecular weight excluding hydrogens is 225 g/mol. The van der Waals surface area contributed by atoms with Crippen LogP contribution in [0.4, 0.5) is 4.39 Å². The summed E-state index contributed by atoms with van der Waals surface area (Å²) in [6.07, 6.45) is 1.57. The van der Waals surface area contributed by atoms with Crippen LogP contribution in [0, 0.1) is 5.82 Å². The lowest BCUT2D eigenvalue weighted by atomic mass is 10.2. The van der Waals surface area contributed by atoms with Gasteiger partial charge in [-0.05, 0) is 6.07 Å². The van der Waals surface area contributed by atoms with Gasteiger partial charge in [0.05, 0.1) is 26.5 Å². The molecule has 1 aromatic heterocycles. The Hall–Kier alpha value is -1.95. The summed E-state index contributed by atoms with van der Waals surface area (Å²) in [6, 6.07) is 4.63. The molecule has 0 bridgehead atoms. The summed E-state index contributed by atoms with van der Waals surface area (Å²) in [5, 5.41) is 16.3. The maximum absolute atomic E-state index is 13.6. The zero-order valence-corrected chi connectivity index (χ0v) is 9.30. The zero-order valence-electron chi connectivity index (χ0n) is 9.30. The van der Waals surface area contributed by atoms with E-state index in [4.69, 9.17) is 9.84 Å². The molecule has 0 fully saturated rings. The predicted octanol–water partition coefficient (Wildman–Crippen LogP) is 0.966. The van der Waals surface area contributed by atoms with Gasteiger partial charge in [0, 0.05) is 11.6 Å². The van der Waals surface area contributed by atoms with Gasteiger partial charge in [0.2, 0.25) is 0 Å². The van der Waals surface area contributed by atoms with Gasteiger partial charge in [0.1, 0.15) is 17.3 Å². The SMILES string of the molecule is COc1ccc(Cn2cc(CO)nn2)c(F)c1. The minimum atomic E-state index is -0.356. The van der Waals surface area contributed by atoms with E-state index in [1.165, 1.54) is 17.9 Å². The topological polar surface area (TPSA) is 60.2 Å². The lowest BCUT2D eigenvalue weighted by Gasteiger charge is -2.05. The molecule has 0 amide bonds. The summed E-state index contributed by atoms with van der Waals surface area (Å²) in [7, 11) is 1.49. The fraction of sp³-hybridized carbons (Fsp3) is 0.273. The molecule has 0 radical (unpaired) electrons. The van der Waals surface area contributed by atoms with Crippen LogP contribution in [0.5, 0.6) is 5.75 Å². The number of benzene rings is 1. The number of aliphatic hydroxyl groups is 1. The van der Waals surface area contributed by atoms with Crippen LogP contribution in [0.3, 0.4) is 0 Å². The highest BCUT2D eigenvalue weighted by Gasteiger charge is 2.06. The van der Waals surface area contributed by atoms with E-state index in [1.54, 1.807) is 18.3 Å². The Labute approximate surface area is 97.5 Å². The molecule has 0 saturated heterocycles. The van der Waals surface area contributed by atoms with Crippen molar-refractivity contribution in [2.45, 2.75) is 13.2 Å². The molecule has 1 aromatic carbocycles. The largest absolute Gasteiger partial charge is 0.497 e. The van der Waals surface area contributed by atoms with Crippen molar-refractivity contribution < 1.29 is 14.2 Å². The number of rotatable bonds is 4. The molecule has 1 N–H and O–H groups in total. The molecule has 6 heteroatoms. The quantitative estimate of drug-likeness (QED) is 0.860. The van der Waals surface area contributed by atoms with Crippen molar-refractivity contribution in [3.05, 3.63) is 41.5 Å². The summed E-state index contributed by atoms with van der Waals surface area (Å²) in [5.41, 5.74) is 0.944. The number of aromatic nitrogens is 3. The van der Waals surface area contributed by atoms with Crippen LogP contribution in [-0.2, 0) is 13.2 Å². The van der Waals surface area contributed by atoms with Gasteiger partial charge >= 0.3 is 0 Å². The Bertz CT molecular complexity index is 513. The van der Waals surface area contributed by atoms with Gasteiger partial charge in [-0.2, -0.15) is 0 Å². The molecule has 90 valence electrons. The molecule has 0 spiro atoms. The van der Waals surface area contributed by atoms with E-state index in [9.17, 15) is 4.39 Å². The van der Waals surface area contributed by atoms with Crippen molar-refractivity contribution in [2.75, 3.05) is 7.11 Å². The molecule has 2 aromatic rings. The van der Waals surface area contributed by atoms with Crippen LogP contribution in [0.15, 0.2) is 24.4 Å². The molecule has 0 atom stereocenters. The first-order valence-corrected chi connectivity index (χ1v) is 5.05. The Morgan fingerprint density at radius 3 is 2.88 bits per heavy atom. The van der Waals surface area contributed by atoms with Crippen LogP contribution in [0.1, 0.15) is 11.3 Å². The van der Waals surface area contributed by atoms with Crippen molar-refractivity contribution in [1.29, 1.82) is 0 Å². The monoisotopic (exact) mass is 237 g/mol. The summed E-state index contributed by atoms with van der Waals surface area (Å²) < 4.78 is 20.0. The molecular formula is C11H12FN3O2. The minimum absolute atomic E-state index is 0.176. The maximum atomic E-state index is 13.6. The number of hydrogen-bond donors (Lipinski definition) is 1. The van der Waals surface area contributed by atoms with Gasteiger partial charge in [-0.15, -0.1) is 5.10 Å². The molecule has 5 nitrogen and oxygen atoms in total.